The van der Waals surface area contributed by atoms with Crippen LogP contribution >= 0.6 is 11.6 Å². The molecule has 6 heteroatoms. The first-order valence-corrected chi connectivity index (χ1v) is 9.87. The highest BCUT2D eigenvalue weighted by atomic mass is 35.5. The van der Waals surface area contributed by atoms with E-state index in [1.165, 1.54) is 26.5 Å². The van der Waals surface area contributed by atoms with Crippen LogP contribution < -0.4 is 9.47 Å². The SMILES string of the molecule is COC(=O)c1cc(Cl)c2c(c1C)OC(C1CCN(CC3CC3)CC1)CO2. The molecule has 3 aliphatic rings. The van der Waals surface area contributed by atoms with Gasteiger partial charge in [0, 0.05) is 18.0 Å². The van der Waals surface area contributed by atoms with Gasteiger partial charge in [0.1, 0.15) is 12.7 Å². The first kappa shape index (κ1) is 17.9. The molecule has 1 atom stereocenters. The number of benzene rings is 1. The van der Waals surface area contributed by atoms with Crippen LogP contribution in [0.4, 0.5) is 0 Å². The van der Waals surface area contributed by atoms with Crippen LogP contribution in [0, 0.1) is 18.8 Å². The standard InChI is InChI=1S/C20H26ClNO4/c1-12-15(20(23)24-2)9-16(21)19-18(12)26-17(11-25-19)14-5-7-22(8-6-14)10-13-3-4-13/h9,13-14,17H,3-8,10-11H2,1-2H3. The van der Waals surface area contributed by atoms with Gasteiger partial charge in [0.25, 0.3) is 0 Å². The molecule has 2 aliphatic heterocycles. The summed E-state index contributed by atoms with van der Waals surface area (Å²) in [6.45, 7) is 5.89. The molecule has 0 amide bonds. The highest BCUT2D eigenvalue weighted by Gasteiger charge is 2.35. The molecular formula is C20H26ClNO4. The second-order valence-corrected chi connectivity index (χ2v) is 8.14. The number of halogens is 1. The van der Waals surface area contributed by atoms with Crippen LogP contribution in [0.3, 0.4) is 0 Å². The lowest BCUT2D eigenvalue weighted by molar-refractivity contribution is 0.0193. The van der Waals surface area contributed by atoms with Gasteiger partial charge in [-0.1, -0.05) is 11.6 Å². The number of rotatable bonds is 4. The van der Waals surface area contributed by atoms with E-state index >= 15 is 0 Å². The first-order chi connectivity index (χ1) is 12.6. The van der Waals surface area contributed by atoms with Gasteiger partial charge < -0.3 is 19.1 Å². The number of carbonyl (C=O) groups is 1. The van der Waals surface area contributed by atoms with Crippen molar-refractivity contribution < 1.29 is 19.0 Å². The monoisotopic (exact) mass is 379 g/mol. The van der Waals surface area contributed by atoms with Crippen molar-refractivity contribution in [2.24, 2.45) is 11.8 Å². The van der Waals surface area contributed by atoms with Crippen molar-refractivity contribution in [3.05, 3.63) is 22.2 Å². The minimum atomic E-state index is -0.411. The third kappa shape index (κ3) is 3.52. The number of esters is 1. The molecule has 0 bridgehead atoms. The van der Waals surface area contributed by atoms with Crippen LogP contribution in [0.15, 0.2) is 6.07 Å². The normalized spacial score (nSPS) is 23.7. The number of fused-ring (bicyclic) bond motifs is 1. The molecule has 1 saturated heterocycles. The zero-order valence-electron chi connectivity index (χ0n) is 15.4. The quantitative estimate of drug-likeness (QED) is 0.746. The third-order valence-corrected chi connectivity index (χ3v) is 6.16. The summed E-state index contributed by atoms with van der Waals surface area (Å²) in [6, 6.07) is 1.60. The molecule has 5 nitrogen and oxygen atoms in total. The van der Waals surface area contributed by atoms with Crippen LogP contribution in [-0.2, 0) is 4.74 Å². The summed E-state index contributed by atoms with van der Waals surface area (Å²) in [6.07, 6.45) is 5.06. The Morgan fingerprint density at radius 1 is 1.27 bits per heavy atom. The van der Waals surface area contributed by atoms with Gasteiger partial charge in [-0.15, -0.1) is 0 Å². The average molecular weight is 380 g/mol. The summed E-state index contributed by atoms with van der Waals surface area (Å²) >= 11 is 6.31. The van der Waals surface area contributed by atoms with Crippen LogP contribution in [-0.4, -0.2) is 50.3 Å². The second-order valence-electron chi connectivity index (χ2n) is 7.73. The van der Waals surface area contributed by atoms with Crippen molar-refractivity contribution in [3.8, 4) is 11.5 Å². The molecule has 0 radical (unpaired) electrons. The second kappa shape index (κ2) is 7.28. The number of carbonyl (C=O) groups excluding carboxylic acids is 1. The van der Waals surface area contributed by atoms with Gasteiger partial charge in [-0.2, -0.15) is 0 Å². The molecule has 1 saturated carbocycles. The fourth-order valence-electron chi connectivity index (χ4n) is 4.06. The van der Waals surface area contributed by atoms with E-state index in [2.05, 4.69) is 4.90 Å². The summed E-state index contributed by atoms with van der Waals surface area (Å²) < 4.78 is 17.1. The van der Waals surface area contributed by atoms with Crippen molar-refractivity contribution in [2.45, 2.75) is 38.7 Å². The topological polar surface area (TPSA) is 48.0 Å². The summed E-state index contributed by atoms with van der Waals surface area (Å²) in [4.78, 5) is 14.6. The number of hydrogen-bond donors (Lipinski definition) is 0. The fraction of sp³-hybridized carbons (Fsp3) is 0.650. The summed E-state index contributed by atoms with van der Waals surface area (Å²) in [5, 5.41) is 0.392. The maximum Gasteiger partial charge on any atom is 0.338 e. The Balaban J connectivity index is 1.47. The average Bonchev–Trinajstić information content (AvgIpc) is 3.48. The van der Waals surface area contributed by atoms with Gasteiger partial charge in [0.05, 0.1) is 17.7 Å². The van der Waals surface area contributed by atoms with Crippen molar-refractivity contribution >= 4 is 17.6 Å². The lowest BCUT2D eigenvalue weighted by atomic mass is 9.90. The molecular weight excluding hydrogens is 354 g/mol. The molecule has 1 aliphatic carbocycles. The van der Waals surface area contributed by atoms with Crippen molar-refractivity contribution in [3.63, 3.8) is 0 Å². The van der Waals surface area contributed by atoms with Gasteiger partial charge in [0.2, 0.25) is 0 Å². The van der Waals surface area contributed by atoms with Gasteiger partial charge in [-0.05, 0) is 57.7 Å². The molecule has 0 aromatic heterocycles. The van der Waals surface area contributed by atoms with E-state index < -0.39 is 5.97 Å². The molecule has 26 heavy (non-hydrogen) atoms. The Hall–Kier alpha value is -1.46. The summed E-state index contributed by atoms with van der Waals surface area (Å²) in [7, 11) is 1.37. The smallest absolute Gasteiger partial charge is 0.338 e. The maximum absolute atomic E-state index is 12.0. The van der Waals surface area contributed by atoms with E-state index in [9.17, 15) is 4.79 Å². The fourth-order valence-corrected chi connectivity index (χ4v) is 4.31. The molecule has 1 aromatic carbocycles. The number of hydrogen-bond acceptors (Lipinski definition) is 5. The Morgan fingerprint density at radius 2 is 2.00 bits per heavy atom. The van der Waals surface area contributed by atoms with E-state index in [0.717, 1.165) is 37.4 Å². The predicted molar refractivity (Wildman–Crippen MR) is 99.3 cm³/mol. The van der Waals surface area contributed by atoms with Gasteiger partial charge in [-0.3, -0.25) is 0 Å². The third-order valence-electron chi connectivity index (χ3n) is 5.88. The Bertz CT molecular complexity index is 696. The van der Waals surface area contributed by atoms with Gasteiger partial charge in [0.15, 0.2) is 11.5 Å². The van der Waals surface area contributed by atoms with Crippen molar-refractivity contribution in [1.29, 1.82) is 0 Å². The van der Waals surface area contributed by atoms with Crippen LogP contribution in [0.2, 0.25) is 5.02 Å². The molecule has 0 N–H and O–H groups in total. The minimum absolute atomic E-state index is 0.00763. The Kier molecular flexibility index (Phi) is 5.02. The Labute approximate surface area is 159 Å². The lowest BCUT2D eigenvalue weighted by Crippen LogP contribution is -2.44. The first-order valence-electron chi connectivity index (χ1n) is 9.50. The predicted octanol–water partition coefficient (Wildman–Crippen LogP) is 3.70. The number of piperidine rings is 1. The maximum atomic E-state index is 12.0. The van der Waals surface area contributed by atoms with Crippen molar-refractivity contribution in [1.82, 2.24) is 4.90 Å². The zero-order valence-corrected chi connectivity index (χ0v) is 16.2. The van der Waals surface area contributed by atoms with E-state index in [1.54, 1.807) is 6.07 Å². The largest absolute Gasteiger partial charge is 0.484 e. The van der Waals surface area contributed by atoms with Crippen molar-refractivity contribution in [2.75, 3.05) is 33.4 Å². The van der Waals surface area contributed by atoms with Crippen LogP contribution in [0.1, 0.15) is 41.6 Å². The highest BCUT2D eigenvalue weighted by molar-refractivity contribution is 6.32. The molecule has 1 aromatic rings. The van der Waals surface area contributed by atoms with E-state index in [4.69, 9.17) is 25.8 Å². The van der Waals surface area contributed by atoms with Crippen LogP contribution in [0.25, 0.3) is 0 Å². The number of methoxy groups -OCH3 is 1. The van der Waals surface area contributed by atoms with E-state index in [0.29, 0.717) is 34.6 Å². The van der Waals surface area contributed by atoms with E-state index in [-0.39, 0.29) is 6.10 Å². The zero-order chi connectivity index (χ0) is 18.3. The van der Waals surface area contributed by atoms with Gasteiger partial charge >= 0.3 is 5.97 Å². The molecule has 2 heterocycles. The number of ether oxygens (including phenoxy) is 3. The minimum Gasteiger partial charge on any atom is -0.484 e. The molecule has 1 unspecified atom stereocenters. The van der Waals surface area contributed by atoms with Crippen LogP contribution in [0.5, 0.6) is 11.5 Å². The Morgan fingerprint density at radius 3 is 2.65 bits per heavy atom. The molecule has 142 valence electrons. The molecule has 2 fully saturated rings. The summed E-state index contributed by atoms with van der Waals surface area (Å²) in [5.74, 6) is 2.13. The van der Waals surface area contributed by atoms with E-state index in [1.807, 2.05) is 6.92 Å². The molecule has 4 rings (SSSR count). The number of likely N-dealkylation sites (tertiary alicyclic amines) is 1. The molecule has 0 spiro atoms. The van der Waals surface area contributed by atoms with Gasteiger partial charge in [-0.25, -0.2) is 4.79 Å². The highest BCUT2D eigenvalue weighted by Crippen LogP contribution is 2.44. The lowest BCUT2D eigenvalue weighted by Gasteiger charge is -2.38. The summed E-state index contributed by atoms with van der Waals surface area (Å²) in [5.41, 5.74) is 1.16. The number of nitrogens with zero attached hydrogens (tertiary/aromatic N) is 1.